The zero-order chi connectivity index (χ0) is 87.0. The fraction of sp³-hybridized carbons (Fsp3) is 0. The van der Waals surface area contributed by atoms with E-state index in [1.807, 2.05) is 141 Å². The average molecular weight is 1840 g/mol. The van der Waals surface area contributed by atoms with Crippen LogP contribution in [0.2, 0.25) is 30.1 Å². The first-order valence-corrected chi connectivity index (χ1v) is 44.4. The number of benzene rings is 12. The summed E-state index contributed by atoms with van der Waals surface area (Å²) in [6, 6.07) is 87.5. The van der Waals surface area contributed by atoms with E-state index < -0.39 is 47.8 Å². The van der Waals surface area contributed by atoms with Gasteiger partial charge in [0.2, 0.25) is 17.8 Å². The molecule has 0 atom stereocenters. The minimum atomic E-state index is -3.37. The Labute approximate surface area is 764 Å². The van der Waals surface area contributed by atoms with Crippen molar-refractivity contribution in [2.24, 2.45) is 0 Å². The van der Waals surface area contributed by atoms with Crippen molar-refractivity contribution >= 4 is 198 Å². The second-order valence-corrected chi connectivity index (χ2v) is 33.5. The van der Waals surface area contributed by atoms with Crippen molar-refractivity contribution in [1.29, 1.82) is 0 Å². The molecule has 22 aromatic rings. The fourth-order valence-corrected chi connectivity index (χ4v) is 19.5. The number of halogens is 9. The number of hydrogen-bond acceptors (Lipinski definition) is 18. The number of aromatic nitrogens is 15. The van der Waals surface area contributed by atoms with Gasteiger partial charge in [0.25, 0.3) is 0 Å². The Morgan fingerprint density at radius 3 is 0.773 bits per heavy atom. The predicted molar refractivity (Wildman–Crippen MR) is 496 cm³/mol. The summed E-state index contributed by atoms with van der Waals surface area (Å²) in [4.78, 5) is 57.2. The molecule has 0 aliphatic heterocycles. The molecule has 21 nitrogen and oxygen atoms in total. The van der Waals surface area contributed by atoms with Crippen LogP contribution < -0.4 is 22.7 Å². The molecular formula is C96H54Al2Cl6F3N15O6. The summed E-state index contributed by atoms with van der Waals surface area (Å²) in [5, 5.41) is 4.51. The van der Waals surface area contributed by atoms with Gasteiger partial charge in [-0.25, -0.2) is 28.1 Å². The topological polar surface area (TPSA) is 225 Å². The van der Waals surface area contributed by atoms with E-state index in [0.717, 1.165) is 67.3 Å². The van der Waals surface area contributed by atoms with Gasteiger partial charge < -0.3 is 22.7 Å². The number of fused-ring (bicyclic) bond motifs is 9. The third-order valence-corrected chi connectivity index (χ3v) is 25.0. The first-order valence-electron chi connectivity index (χ1n) is 39.3. The highest BCUT2D eigenvalue weighted by atomic mass is 35.5. The highest BCUT2D eigenvalue weighted by molar-refractivity contribution is 6.46. The second-order valence-electron chi connectivity index (χ2n) is 28.4. The van der Waals surface area contributed by atoms with Gasteiger partial charge in [0.1, 0.15) is 103 Å². The Morgan fingerprint density at radius 2 is 0.484 bits per heavy atom. The van der Waals surface area contributed by atoms with E-state index >= 15 is 0 Å². The highest BCUT2D eigenvalue weighted by Crippen LogP contribution is 2.45. The van der Waals surface area contributed by atoms with Gasteiger partial charge in [0.15, 0.2) is 0 Å². The van der Waals surface area contributed by atoms with Crippen molar-refractivity contribution in [3.8, 4) is 86.5 Å². The van der Waals surface area contributed by atoms with E-state index in [1.165, 1.54) is 55.0 Å². The monoisotopic (exact) mass is 1830 g/mol. The SMILES string of the molecule is Clc1cc(Cl)c2cccnc2c1[O][Al]([O]c1c(Cl)cc(Cl)c2cccnc12)[O]c1c(Cl)cc(Cl)c2cccnc12.Fc1ccc([O][Al]([O]c2ccc(F)c3cccnc23)[O]c2ccc(F)c3cccnc23)c2ncccc12.c1ccc(-c2nc3ccccc3n2-c2nc(-n3c(-c4ccccc4)nc4ccccc43)nc(-n3c(-c4ccccc4)nc4ccccc43)n2)cc1. The predicted octanol–water partition coefficient (Wildman–Crippen LogP) is 24.9. The number of nitrogens with zero attached hydrogens (tertiary/aromatic N) is 15. The van der Waals surface area contributed by atoms with Crippen LogP contribution in [0.15, 0.2) is 328 Å². The first kappa shape index (κ1) is 82.2. The molecule has 0 radical (unpaired) electrons. The summed E-state index contributed by atoms with van der Waals surface area (Å²) in [5.41, 5.74) is 9.99. The van der Waals surface area contributed by atoms with Crippen LogP contribution in [-0.2, 0) is 0 Å². The molecule has 0 aliphatic rings. The number of pyridine rings is 6. The molecule has 0 N–H and O–H groups in total. The third-order valence-electron chi connectivity index (χ3n) is 20.6. The lowest BCUT2D eigenvalue weighted by Crippen LogP contribution is -2.37. The van der Waals surface area contributed by atoms with Crippen molar-refractivity contribution < 1.29 is 35.9 Å². The van der Waals surface area contributed by atoms with Crippen LogP contribution in [0.5, 0.6) is 34.5 Å². The van der Waals surface area contributed by atoms with E-state index in [0.29, 0.717) is 65.6 Å². The summed E-state index contributed by atoms with van der Waals surface area (Å²) < 4.78 is 86.9. The molecule has 0 bridgehead atoms. The van der Waals surface area contributed by atoms with Gasteiger partial charge in [0, 0.05) is 86.2 Å². The van der Waals surface area contributed by atoms with Crippen molar-refractivity contribution in [2.45, 2.75) is 0 Å². The minimum Gasteiger partial charge on any atom is -0.576 e. The smallest absolute Gasteiger partial charge is 0.576 e. The molecule has 32 heteroatoms. The van der Waals surface area contributed by atoms with Gasteiger partial charge in [-0.15, -0.1) is 0 Å². The maximum atomic E-state index is 14.4. The van der Waals surface area contributed by atoms with E-state index in [4.69, 9.17) is 122 Å². The quantitative estimate of drug-likeness (QED) is 0.0728. The molecule has 22 rings (SSSR count). The summed E-state index contributed by atoms with van der Waals surface area (Å²) in [6.45, 7) is 0. The summed E-state index contributed by atoms with van der Waals surface area (Å²) in [5.74, 6) is 3.34. The van der Waals surface area contributed by atoms with Crippen LogP contribution in [0.4, 0.5) is 13.2 Å². The second kappa shape index (κ2) is 35.7. The van der Waals surface area contributed by atoms with Gasteiger partial charge in [-0.3, -0.25) is 43.6 Å². The Bertz CT molecular complexity index is 7320. The molecule has 128 heavy (non-hydrogen) atoms. The number of imidazole rings is 3. The zero-order valence-electron chi connectivity index (χ0n) is 65.9. The maximum Gasteiger partial charge on any atom is 1.20 e. The Morgan fingerprint density at radius 1 is 0.234 bits per heavy atom. The van der Waals surface area contributed by atoms with Crippen LogP contribution in [0.25, 0.3) is 151 Å². The zero-order valence-corrected chi connectivity index (χ0v) is 72.7. The molecule has 0 amide bonds. The Balaban J connectivity index is 0.000000123. The molecule has 618 valence electrons. The Kier molecular flexibility index (Phi) is 23.0. The van der Waals surface area contributed by atoms with Crippen LogP contribution >= 0.6 is 69.6 Å². The molecule has 0 spiro atoms. The van der Waals surface area contributed by atoms with Gasteiger partial charge in [-0.2, -0.15) is 15.0 Å². The lowest BCUT2D eigenvalue weighted by atomic mass is 10.2. The van der Waals surface area contributed by atoms with Crippen molar-refractivity contribution in [1.82, 2.24) is 73.5 Å². The molecule has 0 saturated carbocycles. The van der Waals surface area contributed by atoms with Crippen LogP contribution in [0, 0.1) is 17.5 Å². The molecule has 0 saturated heterocycles. The first-order chi connectivity index (χ1) is 62.7. The summed E-state index contributed by atoms with van der Waals surface area (Å²) >= 11 is 32.4. The molecule has 0 fully saturated rings. The highest BCUT2D eigenvalue weighted by Gasteiger charge is 2.49. The average Bonchev–Trinajstić information content (AvgIpc) is 1.59. The van der Waals surface area contributed by atoms with Crippen LogP contribution in [0.3, 0.4) is 0 Å². The summed E-state index contributed by atoms with van der Waals surface area (Å²) in [6.07, 6.45) is 9.34. The van der Waals surface area contributed by atoms with Gasteiger partial charge in [-0.1, -0.05) is 197 Å². The van der Waals surface area contributed by atoms with Crippen molar-refractivity contribution in [3.05, 3.63) is 376 Å². The lowest BCUT2D eigenvalue weighted by Gasteiger charge is -2.21. The normalized spacial score (nSPS) is 11.3. The minimum absolute atomic E-state index is 0.205. The standard InChI is InChI=1S/C42H27N9.3C9H5Cl2NO.3C9H6FNO.2Al/c1-4-16-28(17-5-1)37-43-31-22-10-13-25-34(31)49(37)40-46-41(50-35-26-14-11-23-32(35)44-38(50)29-18-6-2-7-19-29)48-42(47-40)51-36-27-15-12-24-33(36)45-39(51)30-20-8-3-9-21-30;3*10-6-4-7(11)9(13)8-5(6)2-1-3-12-8;3*10-7-3-4-8(12)9-6(7)2-1-5-11-9;;/h1-27H;3*1-4,13H;3*1-5,12H;;/q;;;;;;;2*+3/p-6. The van der Waals surface area contributed by atoms with E-state index in [9.17, 15) is 13.2 Å². The molecule has 10 heterocycles. The third kappa shape index (κ3) is 16.2. The number of hydrogen-bond donors (Lipinski definition) is 0. The van der Waals surface area contributed by atoms with E-state index in [2.05, 4.69) is 66.3 Å². The summed E-state index contributed by atoms with van der Waals surface area (Å²) in [7, 11) is 0. The molecule has 12 aromatic carbocycles. The number of rotatable bonds is 18. The van der Waals surface area contributed by atoms with Crippen molar-refractivity contribution in [2.75, 3.05) is 0 Å². The molecule has 10 aromatic heterocycles. The molecular weight excluding hydrogens is 1780 g/mol. The number of para-hydroxylation sites is 6. The Hall–Kier alpha value is -14.1. The van der Waals surface area contributed by atoms with E-state index in [1.54, 1.807) is 110 Å². The molecule has 0 aliphatic carbocycles. The lowest BCUT2D eigenvalue weighted by molar-refractivity contribution is 0.310. The van der Waals surface area contributed by atoms with Crippen LogP contribution in [-0.4, -0.2) is 104 Å². The van der Waals surface area contributed by atoms with Gasteiger partial charge in [0.05, 0.1) is 63.2 Å². The van der Waals surface area contributed by atoms with Gasteiger partial charge in [-0.05, 0) is 164 Å². The van der Waals surface area contributed by atoms with Crippen molar-refractivity contribution in [3.63, 3.8) is 0 Å². The maximum absolute atomic E-state index is 14.4. The largest absolute Gasteiger partial charge is 1.20 e. The molecule has 0 unspecified atom stereocenters. The van der Waals surface area contributed by atoms with E-state index in [-0.39, 0.29) is 82.3 Å². The fourth-order valence-electron chi connectivity index (χ4n) is 14.8. The van der Waals surface area contributed by atoms with Gasteiger partial charge >= 0.3 is 30.3 Å². The van der Waals surface area contributed by atoms with Crippen LogP contribution in [0.1, 0.15) is 0 Å².